The zero-order valence-electron chi connectivity index (χ0n) is 9.11. The zero-order chi connectivity index (χ0) is 11.6. The highest BCUT2D eigenvalue weighted by atomic mass is 32.1. The second kappa shape index (κ2) is 4.18. The van der Waals surface area contributed by atoms with E-state index in [4.69, 9.17) is 0 Å². The summed E-state index contributed by atoms with van der Waals surface area (Å²) in [6.07, 6.45) is 1.18. The van der Waals surface area contributed by atoms with Crippen LogP contribution in [0, 0.1) is 6.92 Å². The quantitative estimate of drug-likeness (QED) is 0.856. The molecule has 0 aromatic carbocycles. The van der Waals surface area contributed by atoms with Crippen LogP contribution in [-0.2, 0) is 10.3 Å². The van der Waals surface area contributed by atoms with Crippen molar-refractivity contribution >= 4 is 17.3 Å². The largest absolute Gasteiger partial charge is 0.479 e. The van der Waals surface area contributed by atoms with E-state index in [9.17, 15) is 14.7 Å². The third-order valence-corrected chi connectivity index (χ3v) is 3.40. The van der Waals surface area contributed by atoms with Gasteiger partial charge >= 0.3 is 10.8 Å². The van der Waals surface area contributed by atoms with E-state index < -0.39 is 11.5 Å². The topological polar surface area (TPSA) is 59.3 Å². The van der Waals surface area contributed by atoms with Gasteiger partial charge in [-0.15, -0.1) is 0 Å². The third kappa shape index (κ3) is 1.97. The molecule has 4 nitrogen and oxygen atoms in total. The smallest absolute Gasteiger partial charge is 0.329 e. The molecule has 5 heteroatoms. The molecule has 0 aliphatic rings. The molecule has 1 atom stereocenters. The van der Waals surface area contributed by atoms with Gasteiger partial charge in [0, 0.05) is 11.1 Å². The van der Waals surface area contributed by atoms with Crippen LogP contribution in [0.3, 0.4) is 0 Å². The first-order valence-corrected chi connectivity index (χ1v) is 5.72. The molecule has 15 heavy (non-hydrogen) atoms. The number of aromatic nitrogens is 1. The summed E-state index contributed by atoms with van der Waals surface area (Å²) in [6, 6.07) is 0. The van der Waals surface area contributed by atoms with Crippen LogP contribution < -0.4 is 4.87 Å². The van der Waals surface area contributed by atoms with Crippen molar-refractivity contribution in [3.8, 4) is 0 Å². The van der Waals surface area contributed by atoms with Crippen LogP contribution in [0.25, 0.3) is 0 Å². The van der Waals surface area contributed by atoms with Crippen molar-refractivity contribution < 1.29 is 9.90 Å². The highest BCUT2D eigenvalue weighted by Gasteiger charge is 2.36. The molecule has 1 heterocycles. The van der Waals surface area contributed by atoms with Crippen molar-refractivity contribution in [2.24, 2.45) is 0 Å². The Balaban J connectivity index is 3.33. The van der Waals surface area contributed by atoms with E-state index in [2.05, 4.69) is 0 Å². The molecular formula is C10H15NO3S. The number of carboxylic acids is 1. The Kier molecular flexibility index (Phi) is 3.34. The van der Waals surface area contributed by atoms with Crippen LogP contribution in [0.1, 0.15) is 32.4 Å². The molecule has 1 aromatic heterocycles. The number of carboxylic acid groups (broad SMARTS) is 1. The monoisotopic (exact) mass is 229 g/mol. The average Bonchev–Trinajstić information content (AvgIpc) is 2.46. The van der Waals surface area contributed by atoms with E-state index in [1.807, 2.05) is 6.92 Å². The number of aliphatic carboxylic acids is 1. The van der Waals surface area contributed by atoms with E-state index in [0.717, 1.165) is 17.8 Å². The third-order valence-electron chi connectivity index (χ3n) is 2.56. The minimum atomic E-state index is -1.12. The summed E-state index contributed by atoms with van der Waals surface area (Å²) in [5, 5.41) is 10.9. The summed E-state index contributed by atoms with van der Waals surface area (Å²) in [7, 11) is 0. The molecule has 1 N–H and O–H groups in total. The Labute approximate surface area is 92.2 Å². The van der Waals surface area contributed by atoms with Crippen LogP contribution >= 0.6 is 11.3 Å². The van der Waals surface area contributed by atoms with Gasteiger partial charge in [0.1, 0.15) is 5.54 Å². The van der Waals surface area contributed by atoms with Crippen LogP contribution in [-0.4, -0.2) is 15.6 Å². The maximum Gasteiger partial charge on any atom is 0.329 e. The number of hydrogen-bond donors (Lipinski definition) is 1. The molecule has 0 spiro atoms. The maximum absolute atomic E-state index is 11.6. The second-order valence-electron chi connectivity index (χ2n) is 3.81. The van der Waals surface area contributed by atoms with Gasteiger partial charge in [-0.1, -0.05) is 24.7 Å². The normalized spacial score (nSPS) is 14.9. The molecule has 0 fully saturated rings. The highest BCUT2D eigenvalue weighted by Crippen LogP contribution is 2.23. The molecule has 1 aromatic rings. The SMILES string of the molecule is CCCC(C)(C(=O)O)n1c(C)csc1=O. The fraction of sp³-hybridized carbons (Fsp3) is 0.600. The fourth-order valence-corrected chi connectivity index (χ4v) is 2.60. The number of hydrogen-bond acceptors (Lipinski definition) is 3. The van der Waals surface area contributed by atoms with E-state index >= 15 is 0 Å². The van der Waals surface area contributed by atoms with Crippen LogP contribution in [0.5, 0.6) is 0 Å². The second-order valence-corrected chi connectivity index (χ2v) is 4.63. The first-order valence-electron chi connectivity index (χ1n) is 4.84. The van der Waals surface area contributed by atoms with Gasteiger partial charge in [-0.05, 0) is 20.3 Å². The van der Waals surface area contributed by atoms with E-state index in [-0.39, 0.29) is 4.87 Å². The molecule has 0 saturated carbocycles. The Morgan fingerprint density at radius 1 is 1.67 bits per heavy atom. The number of aryl methyl sites for hydroxylation is 1. The van der Waals surface area contributed by atoms with Gasteiger partial charge in [-0.2, -0.15) is 0 Å². The van der Waals surface area contributed by atoms with Crippen molar-refractivity contribution in [2.75, 3.05) is 0 Å². The molecule has 1 unspecified atom stereocenters. The Morgan fingerprint density at radius 2 is 2.27 bits per heavy atom. The lowest BCUT2D eigenvalue weighted by Gasteiger charge is -2.26. The van der Waals surface area contributed by atoms with E-state index in [1.165, 1.54) is 4.57 Å². The molecule has 0 aliphatic carbocycles. The summed E-state index contributed by atoms with van der Waals surface area (Å²) in [6.45, 7) is 5.27. The molecule has 0 bridgehead atoms. The highest BCUT2D eigenvalue weighted by molar-refractivity contribution is 7.07. The van der Waals surface area contributed by atoms with Crippen molar-refractivity contribution in [1.82, 2.24) is 4.57 Å². The van der Waals surface area contributed by atoms with Crippen molar-refractivity contribution in [1.29, 1.82) is 0 Å². The first kappa shape index (κ1) is 12.0. The average molecular weight is 229 g/mol. The number of thiazole rings is 1. The molecule has 84 valence electrons. The summed E-state index contributed by atoms with van der Waals surface area (Å²) in [4.78, 5) is 22.6. The van der Waals surface area contributed by atoms with Crippen LogP contribution in [0.2, 0.25) is 0 Å². The van der Waals surface area contributed by atoms with Gasteiger partial charge in [0.15, 0.2) is 0 Å². The van der Waals surface area contributed by atoms with Gasteiger partial charge in [-0.3, -0.25) is 9.36 Å². The summed E-state index contributed by atoms with van der Waals surface area (Å²) < 4.78 is 1.38. The van der Waals surface area contributed by atoms with Gasteiger partial charge in [0.05, 0.1) is 0 Å². The van der Waals surface area contributed by atoms with Gasteiger partial charge in [0.2, 0.25) is 0 Å². The predicted octanol–water partition coefficient (Wildman–Crippen LogP) is 1.82. The lowest BCUT2D eigenvalue weighted by Crippen LogP contribution is -2.44. The first-order chi connectivity index (χ1) is 6.93. The fourth-order valence-electron chi connectivity index (χ4n) is 1.78. The van der Waals surface area contributed by atoms with Gasteiger partial charge < -0.3 is 5.11 Å². The lowest BCUT2D eigenvalue weighted by atomic mass is 9.96. The minimum Gasteiger partial charge on any atom is -0.479 e. The zero-order valence-corrected chi connectivity index (χ0v) is 9.93. The van der Waals surface area contributed by atoms with Crippen molar-refractivity contribution in [2.45, 2.75) is 39.2 Å². The summed E-state index contributed by atoms with van der Waals surface area (Å²) in [5.74, 6) is -0.951. The minimum absolute atomic E-state index is 0.203. The molecule has 0 radical (unpaired) electrons. The molecule has 0 amide bonds. The molecular weight excluding hydrogens is 214 g/mol. The number of nitrogens with zero attached hydrogens (tertiary/aromatic N) is 1. The van der Waals surface area contributed by atoms with E-state index in [1.54, 1.807) is 19.2 Å². The molecule has 1 rings (SSSR count). The maximum atomic E-state index is 11.6. The standard InChI is InChI=1S/C10H15NO3S/c1-4-5-10(3,8(12)13)11-7(2)6-15-9(11)14/h6H,4-5H2,1-3H3,(H,12,13). The lowest BCUT2D eigenvalue weighted by molar-refractivity contribution is -0.147. The van der Waals surface area contributed by atoms with Gasteiger partial charge in [-0.25, -0.2) is 4.79 Å². The van der Waals surface area contributed by atoms with Gasteiger partial charge in [0.25, 0.3) is 0 Å². The summed E-state index contributed by atoms with van der Waals surface area (Å²) in [5.41, 5.74) is -0.404. The molecule has 0 saturated heterocycles. The van der Waals surface area contributed by atoms with E-state index in [0.29, 0.717) is 12.1 Å². The van der Waals surface area contributed by atoms with Crippen molar-refractivity contribution in [3.63, 3.8) is 0 Å². The number of carbonyl (C=O) groups is 1. The Morgan fingerprint density at radius 3 is 2.60 bits per heavy atom. The molecule has 0 aliphatic heterocycles. The summed E-state index contributed by atoms with van der Waals surface area (Å²) >= 11 is 1.05. The van der Waals surface area contributed by atoms with Crippen LogP contribution in [0.15, 0.2) is 10.2 Å². The van der Waals surface area contributed by atoms with Crippen molar-refractivity contribution in [3.05, 3.63) is 20.7 Å². The van der Waals surface area contributed by atoms with Crippen LogP contribution in [0.4, 0.5) is 0 Å². The predicted molar refractivity (Wildman–Crippen MR) is 59.5 cm³/mol. The number of rotatable bonds is 4. The Hall–Kier alpha value is -1.10. The Bertz CT molecular complexity index is 421.